The van der Waals surface area contributed by atoms with Crippen LogP contribution in [0.5, 0.6) is 0 Å². The third-order valence-electron chi connectivity index (χ3n) is 2.16. The smallest absolute Gasteiger partial charge is 0.237 e. The zero-order chi connectivity index (χ0) is 12.9. The maximum absolute atomic E-state index is 11.9. The third-order valence-corrected chi connectivity index (χ3v) is 3.88. The van der Waals surface area contributed by atoms with Gasteiger partial charge in [-0.05, 0) is 19.1 Å². The van der Waals surface area contributed by atoms with Gasteiger partial charge in [-0.3, -0.25) is 4.72 Å². The Balaban J connectivity index is 2.62. The Kier molecular flexibility index (Phi) is 4.83. The molecule has 1 unspecified atom stereocenters. The van der Waals surface area contributed by atoms with E-state index in [4.69, 9.17) is 0 Å². The maximum Gasteiger partial charge on any atom is 0.237 e. The highest BCUT2D eigenvalue weighted by molar-refractivity contribution is 7.93. The summed E-state index contributed by atoms with van der Waals surface area (Å²) in [7, 11) is -3.42. The van der Waals surface area contributed by atoms with Crippen LogP contribution in [0, 0.1) is 0 Å². The predicted octanol–water partition coefficient (Wildman–Crippen LogP) is 0.605. The predicted molar refractivity (Wildman–Crippen MR) is 67.2 cm³/mol. The Bertz CT molecular complexity index is 433. The van der Waals surface area contributed by atoms with Gasteiger partial charge in [-0.25, -0.2) is 8.42 Å². The van der Waals surface area contributed by atoms with E-state index in [0.717, 1.165) is 0 Å². The van der Waals surface area contributed by atoms with Gasteiger partial charge in [0.05, 0.1) is 5.25 Å². The lowest BCUT2D eigenvalue weighted by atomic mass is 10.3. The lowest BCUT2D eigenvalue weighted by Crippen LogP contribution is -2.37. The summed E-state index contributed by atoms with van der Waals surface area (Å²) in [5, 5.41) is 9.84. The Morgan fingerprint density at radius 1 is 1.35 bits per heavy atom. The molecule has 0 spiro atoms. The summed E-state index contributed by atoms with van der Waals surface area (Å²) in [6, 6.07) is 3.44. The van der Waals surface area contributed by atoms with Crippen molar-refractivity contribution in [1.82, 2.24) is 15.5 Å². The number of hydrogen-bond donors (Lipinski definition) is 2. The van der Waals surface area contributed by atoms with Crippen molar-refractivity contribution < 1.29 is 8.42 Å². The second-order valence-corrected chi connectivity index (χ2v) is 6.23. The van der Waals surface area contributed by atoms with Crippen molar-refractivity contribution in [3.05, 3.63) is 18.3 Å². The number of anilines is 1. The Labute approximate surface area is 102 Å². The zero-order valence-electron chi connectivity index (χ0n) is 10.2. The van der Waals surface area contributed by atoms with Crippen molar-refractivity contribution in [3.8, 4) is 0 Å². The van der Waals surface area contributed by atoms with Crippen molar-refractivity contribution in [1.29, 1.82) is 0 Å². The standard InChI is InChI=1S/C10H18N4O2S/c1-8(2)11-7-9(3)17(15,16)14-10-5-4-6-12-13-10/h4-6,8-9,11H,7H2,1-3H3,(H,13,14). The zero-order valence-corrected chi connectivity index (χ0v) is 11.0. The molecule has 1 rings (SSSR count). The minimum Gasteiger partial charge on any atom is -0.313 e. The van der Waals surface area contributed by atoms with E-state index >= 15 is 0 Å². The highest BCUT2D eigenvalue weighted by atomic mass is 32.2. The second kappa shape index (κ2) is 5.92. The normalized spacial score (nSPS) is 13.6. The fourth-order valence-corrected chi connectivity index (χ4v) is 2.03. The average Bonchev–Trinajstić information content (AvgIpc) is 2.26. The summed E-state index contributed by atoms with van der Waals surface area (Å²) in [5.74, 6) is 0.240. The van der Waals surface area contributed by atoms with Crippen LogP contribution in [0.25, 0.3) is 0 Å². The Morgan fingerprint density at radius 3 is 2.59 bits per heavy atom. The highest BCUT2D eigenvalue weighted by Crippen LogP contribution is 2.07. The summed E-state index contributed by atoms with van der Waals surface area (Å²) in [4.78, 5) is 0. The molecule has 0 aromatic carbocycles. The molecule has 0 aliphatic rings. The van der Waals surface area contributed by atoms with E-state index < -0.39 is 15.3 Å². The van der Waals surface area contributed by atoms with E-state index in [9.17, 15) is 8.42 Å². The topological polar surface area (TPSA) is 84.0 Å². The van der Waals surface area contributed by atoms with Crippen LogP contribution in [0.2, 0.25) is 0 Å². The quantitative estimate of drug-likeness (QED) is 0.781. The van der Waals surface area contributed by atoms with Gasteiger partial charge in [0.15, 0.2) is 5.82 Å². The van der Waals surface area contributed by atoms with E-state index in [2.05, 4.69) is 20.2 Å². The van der Waals surface area contributed by atoms with Crippen LogP contribution in [-0.2, 0) is 10.0 Å². The SMILES string of the molecule is CC(C)NCC(C)S(=O)(=O)Nc1cccnn1. The van der Waals surface area contributed by atoms with Crippen LogP contribution in [0.15, 0.2) is 18.3 Å². The molecule has 1 heterocycles. The number of nitrogens with zero attached hydrogens (tertiary/aromatic N) is 2. The van der Waals surface area contributed by atoms with E-state index in [1.807, 2.05) is 13.8 Å². The molecule has 0 radical (unpaired) electrons. The molecule has 0 fully saturated rings. The van der Waals surface area contributed by atoms with Gasteiger partial charge in [-0.1, -0.05) is 13.8 Å². The van der Waals surface area contributed by atoms with Crippen LogP contribution in [-0.4, -0.2) is 36.5 Å². The molecule has 7 heteroatoms. The number of rotatable bonds is 6. The van der Waals surface area contributed by atoms with Crippen molar-refractivity contribution in [2.45, 2.75) is 32.1 Å². The van der Waals surface area contributed by atoms with Crippen molar-refractivity contribution >= 4 is 15.8 Å². The van der Waals surface area contributed by atoms with Gasteiger partial charge in [0.2, 0.25) is 10.0 Å². The van der Waals surface area contributed by atoms with Gasteiger partial charge in [-0.15, -0.1) is 5.10 Å². The second-order valence-electron chi connectivity index (χ2n) is 4.13. The lowest BCUT2D eigenvalue weighted by Gasteiger charge is -2.16. The molecule has 0 saturated heterocycles. The first kappa shape index (κ1) is 13.9. The molecule has 96 valence electrons. The molecule has 6 nitrogen and oxygen atoms in total. The maximum atomic E-state index is 11.9. The van der Waals surface area contributed by atoms with Gasteiger partial charge in [0.25, 0.3) is 0 Å². The summed E-state index contributed by atoms with van der Waals surface area (Å²) < 4.78 is 26.2. The molecule has 0 bridgehead atoms. The number of nitrogens with one attached hydrogen (secondary N) is 2. The van der Waals surface area contributed by atoms with E-state index in [1.165, 1.54) is 6.20 Å². The van der Waals surface area contributed by atoms with Crippen LogP contribution in [0.4, 0.5) is 5.82 Å². The fraction of sp³-hybridized carbons (Fsp3) is 0.600. The third kappa shape index (κ3) is 4.66. The Hall–Kier alpha value is -1.21. The monoisotopic (exact) mass is 258 g/mol. The van der Waals surface area contributed by atoms with Crippen LogP contribution >= 0.6 is 0 Å². The molecule has 17 heavy (non-hydrogen) atoms. The van der Waals surface area contributed by atoms with Gasteiger partial charge < -0.3 is 5.32 Å². The summed E-state index contributed by atoms with van der Waals surface area (Å²) in [6.07, 6.45) is 1.49. The van der Waals surface area contributed by atoms with Crippen LogP contribution in [0.3, 0.4) is 0 Å². The molecule has 0 aliphatic heterocycles. The number of aromatic nitrogens is 2. The first-order valence-corrected chi connectivity index (χ1v) is 6.99. The molecule has 1 aromatic rings. The molecular formula is C10H18N4O2S. The molecule has 0 aliphatic carbocycles. The summed E-state index contributed by atoms with van der Waals surface area (Å²) in [5.41, 5.74) is 0. The van der Waals surface area contributed by atoms with E-state index in [0.29, 0.717) is 6.54 Å². The molecule has 0 saturated carbocycles. The first-order chi connectivity index (χ1) is 7.92. The molecule has 2 N–H and O–H groups in total. The van der Waals surface area contributed by atoms with Gasteiger partial charge in [-0.2, -0.15) is 5.10 Å². The summed E-state index contributed by atoms with van der Waals surface area (Å²) in [6.45, 7) is 5.98. The first-order valence-electron chi connectivity index (χ1n) is 5.44. The lowest BCUT2D eigenvalue weighted by molar-refractivity contribution is 0.553. The number of hydrogen-bond acceptors (Lipinski definition) is 5. The molecule has 0 amide bonds. The minimum atomic E-state index is -3.42. The minimum absolute atomic E-state index is 0.240. The highest BCUT2D eigenvalue weighted by Gasteiger charge is 2.21. The van der Waals surface area contributed by atoms with Crippen molar-refractivity contribution in [3.63, 3.8) is 0 Å². The van der Waals surface area contributed by atoms with Crippen molar-refractivity contribution in [2.24, 2.45) is 0 Å². The van der Waals surface area contributed by atoms with E-state index in [-0.39, 0.29) is 11.9 Å². The molecule has 1 aromatic heterocycles. The molecule has 1 atom stereocenters. The Morgan fingerprint density at radius 2 is 2.06 bits per heavy atom. The van der Waals surface area contributed by atoms with Crippen LogP contribution in [0.1, 0.15) is 20.8 Å². The van der Waals surface area contributed by atoms with E-state index in [1.54, 1.807) is 19.1 Å². The van der Waals surface area contributed by atoms with Crippen LogP contribution < -0.4 is 10.0 Å². The summed E-state index contributed by atoms with van der Waals surface area (Å²) >= 11 is 0. The largest absolute Gasteiger partial charge is 0.313 e. The number of sulfonamides is 1. The van der Waals surface area contributed by atoms with Gasteiger partial charge in [0.1, 0.15) is 0 Å². The van der Waals surface area contributed by atoms with Gasteiger partial charge >= 0.3 is 0 Å². The molecular weight excluding hydrogens is 240 g/mol. The van der Waals surface area contributed by atoms with Crippen molar-refractivity contribution in [2.75, 3.05) is 11.3 Å². The average molecular weight is 258 g/mol. The fourth-order valence-electron chi connectivity index (χ4n) is 1.11. The van der Waals surface area contributed by atoms with Gasteiger partial charge in [0, 0.05) is 18.8 Å².